The number of nitrogens with one attached hydrogen (secondary N) is 1. The molecule has 2 rings (SSSR count). The number of carbonyl (C=O) groups is 1. The number of hydrogen-bond donors (Lipinski definition) is 1. The molecule has 0 aromatic heterocycles. The molecular weight excluding hydrogens is 299 g/mol. The van der Waals surface area contributed by atoms with E-state index in [9.17, 15) is 4.79 Å². The Bertz CT molecular complexity index is 286. The summed E-state index contributed by atoms with van der Waals surface area (Å²) in [5.41, 5.74) is 0. The first-order valence-corrected chi connectivity index (χ1v) is 7.34. The molecule has 1 N–H and O–H groups in total. The molecule has 2 atom stereocenters. The van der Waals surface area contributed by atoms with E-state index in [0.29, 0.717) is 6.04 Å². The highest BCUT2D eigenvalue weighted by atomic mass is 35.5. The molecule has 2 aliphatic rings. The van der Waals surface area contributed by atoms with Gasteiger partial charge in [-0.25, -0.2) is 0 Å². The fourth-order valence-corrected chi connectivity index (χ4v) is 2.78. The van der Waals surface area contributed by atoms with Crippen molar-refractivity contribution in [1.82, 2.24) is 20.0 Å². The minimum absolute atomic E-state index is 0. The smallest absolute Gasteiger partial charge is 0.316 e. The second-order valence-electron chi connectivity index (χ2n) is 5.68. The molecule has 0 bridgehead atoms. The van der Waals surface area contributed by atoms with Crippen LogP contribution in [0.3, 0.4) is 0 Å². The summed E-state index contributed by atoms with van der Waals surface area (Å²) in [4.78, 5) is 17.0. The van der Waals surface area contributed by atoms with Crippen molar-refractivity contribution in [2.75, 3.05) is 53.4 Å². The summed E-state index contributed by atoms with van der Waals surface area (Å²) < 4.78 is 0. The first-order chi connectivity index (χ1) is 8.90. The minimum atomic E-state index is -0.328. The van der Waals surface area contributed by atoms with Crippen molar-refractivity contribution < 1.29 is 4.79 Å². The van der Waals surface area contributed by atoms with E-state index in [-0.39, 0.29) is 23.8 Å². The number of carbonyl (C=O) groups excluding carboxylic acids is 1. The van der Waals surface area contributed by atoms with Crippen molar-refractivity contribution in [1.29, 1.82) is 0 Å². The Morgan fingerprint density at radius 1 is 1.10 bits per heavy atom. The van der Waals surface area contributed by atoms with Gasteiger partial charge < -0.3 is 20.0 Å². The Morgan fingerprint density at radius 3 is 2.10 bits per heavy atom. The highest BCUT2D eigenvalue weighted by Gasteiger charge is 2.23. The molecule has 0 radical (unpaired) electrons. The van der Waals surface area contributed by atoms with Crippen LogP contribution in [0.15, 0.2) is 0 Å². The van der Waals surface area contributed by atoms with E-state index in [4.69, 9.17) is 11.6 Å². The lowest BCUT2D eigenvalue weighted by molar-refractivity contribution is 0.131. The van der Waals surface area contributed by atoms with Crippen LogP contribution in [0.2, 0.25) is 0 Å². The maximum Gasteiger partial charge on any atom is 0.316 e. The molecule has 0 spiro atoms. The Morgan fingerprint density at radius 2 is 1.70 bits per heavy atom. The van der Waals surface area contributed by atoms with Crippen LogP contribution in [-0.2, 0) is 0 Å². The molecule has 0 saturated carbocycles. The van der Waals surface area contributed by atoms with Crippen LogP contribution in [0, 0.1) is 0 Å². The molecule has 2 fully saturated rings. The van der Waals surface area contributed by atoms with Crippen LogP contribution in [0.25, 0.3) is 0 Å². The van der Waals surface area contributed by atoms with Gasteiger partial charge in [0.05, 0.1) is 0 Å². The fraction of sp³-hybridized carbons (Fsp3) is 0.923. The van der Waals surface area contributed by atoms with E-state index in [0.717, 1.165) is 26.2 Å². The van der Waals surface area contributed by atoms with Crippen LogP contribution >= 0.6 is 24.0 Å². The third kappa shape index (κ3) is 7.09. The fourth-order valence-electron chi connectivity index (χ4n) is 2.53. The number of likely N-dealkylation sites (N-methyl/N-ethyl adjacent to an activating group) is 2. The van der Waals surface area contributed by atoms with Gasteiger partial charge >= 0.3 is 5.37 Å². The van der Waals surface area contributed by atoms with Gasteiger partial charge in [0.15, 0.2) is 0 Å². The van der Waals surface area contributed by atoms with E-state index >= 15 is 0 Å². The van der Waals surface area contributed by atoms with Crippen LogP contribution in [0.5, 0.6) is 0 Å². The maximum atomic E-state index is 10.8. The first kappa shape index (κ1) is 19.9. The van der Waals surface area contributed by atoms with Gasteiger partial charge in [-0.1, -0.05) is 0 Å². The molecule has 0 aromatic rings. The van der Waals surface area contributed by atoms with E-state index in [2.05, 4.69) is 29.1 Å². The van der Waals surface area contributed by atoms with Gasteiger partial charge in [-0.15, -0.1) is 12.4 Å². The van der Waals surface area contributed by atoms with Crippen LogP contribution in [0.1, 0.15) is 13.8 Å². The summed E-state index contributed by atoms with van der Waals surface area (Å²) in [6, 6.07) is 0.937. The molecule has 2 heterocycles. The Hall–Kier alpha value is -0.0700. The van der Waals surface area contributed by atoms with Crippen LogP contribution in [0.4, 0.5) is 4.79 Å². The van der Waals surface area contributed by atoms with Crippen molar-refractivity contribution >= 4 is 29.4 Å². The summed E-state index contributed by atoms with van der Waals surface area (Å²) >= 11 is 5.37. The Labute approximate surface area is 134 Å². The number of nitrogens with zero attached hydrogens (tertiary/aromatic N) is 3. The van der Waals surface area contributed by atoms with E-state index in [1.54, 1.807) is 4.90 Å². The van der Waals surface area contributed by atoms with Crippen LogP contribution < -0.4 is 5.32 Å². The van der Waals surface area contributed by atoms with Gasteiger partial charge in [-0.2, -0.15) is 0 Å². The molecular formula is C13H28Cl2N4O. The molecule has 5 nitrogen and oxygen atoms in total. The molecule has 2 saturated heterocycles. The zero-order valence-corrected chi connectivity index (χ0v) is 14.5. The number of halogens is 2. The SMILES string of the molecule is C[C@@H]1CN(C)CCN1.C[C@@H]1CN(C)CCN1C(=O)Cl.Cl. The predicted octanol–water partition coefficient (Wildman–Crippen LogP) is 1.31. The third-order valence-electron chi connectivity index (χ3n) is 3.63. The van der Waals surface area contributed by atoms with Gasteiger partial charge in [0.1, 0.15) is 0 Å². The van der Waals surface area contributed by atoms with Gasteiger partial charge in [-0.05, 0) is 39.5 Å². The topological polar surface area (TPSA) is 38.8 Å². The third-order valence-corrected chi connectivity index (χ3v) is 3.85. The zero-order valence-electron chi connectivity index (χ0n) is 12.9. The second-order valence-corrected chi connectivity index (χ2v) is 6.00. The molecule has 2 aliphatic heterocycles. The lowest BCUT2D eigenvalue weighted by Crippen LogP contribution is -2.51. The van der Waals surface area contributed by atoms with Crippen molar-refractivity contribution in [2.45, 2.75) is 25.9 Å². The standard InChI is InChI=1S/C7H13ClN2O.C6H14N2.ClH/c1-6-5-9(2)3-4-10(6)7(8)11;1-6-5-8(2)4-3-7-6;/h6H,3-5H2,1-2H3;6-7H,3-5H2,1-2H3;1H/t2*6-;/m11./s1. The lowest BCUT2D eigenvalue weighted by atomic mass is 10.2. The highest BCUT2D eigenvalue weighted by Crippen LogP contribution is 2.09. The maximum absolute atomic E-state index is 10.8. The van der Waals surface area contributed by atoms with Crippen molar-refractivity contribution in [3.05, 3.63) is 0 Å². The summed E-state index contributed by atoms with van der Waals surface area (Å²) in [7, 11) is 4.21. The average molecular weight is 327 g/mol. The van der Waals surface area contributed by atoms with Gasteiger partial charge in [0.25, 0.3) is 0 Å². The molecule has 0 aliphatic carbocycles. The predicted molar refractivity (Wildman–Crippen MR) is 87.1 cm³/mol. The average Bonchev–Trinajstić information content (AvgIpc) is 2.28. The number of rotatable bonds is 0. The van der Waals surface area contributed by atoms with Gasteiger partial charge in [-0.3, -0.25) is 4.79 Å². The van der Waals surface area contributed by atoms with Crippen molar-refractivity contribution in [3.8, 4) is 0 Å². The minimum Gasteiger partial charge on any atom is -0.324 e. The van der Waals surface area contributed by atoms with E-state index in [1.165, 1.54) is 13.1 Å². The highest BCUT2D eigenvalue weighted by molar-refractivity contribution is 6.62. The Balaban J connectivity index is 0.000000359. The summed E-state index contributed by atoms with van der Waals surface area (Å²) in [6.45, 7) is 10.4. The number of hydrogen-bond acceptors (Lipinski definition) is 4. The lowest BCUT2D eigenvalue weighted by Gasteiger charge is -2.36. The van der Waals surface area contributed by atoms with Crippen molar-refractivity contribution in [3.63, 3.8) is 0 Å². The van der Waals surface area contributed by atoms with Gasteiger partial charge in [0, 0.05) is 51.4 Å². The van der Waals surface area contributed by atoms with E-state index < -0.39 is 0 Å². The van der Waals surface area contributed by atoms with Crippen molar-refractivity contribution in [2.24, 2.45) is 0 Å². The molecule has 20 heavy (non-hydrogen) atoms. The molecule has 0 aromatic carbocycles. The number of amides is 1. The monoisotopic (exact) mass is 326 g/mol. The normalized spacial score (nSPS) is 28.1. The largest absolute Gasteiger partial charge is 0.324 e. The molecule has 1 amide bonds. The molecule has 120 valence electrons. The molecule has 0 unspecified atom stereocenters. The summed E-state index contributed by atoms with van der Waals surface area (Å²) in [5.74, 6) is 0. The summed E-state index contributed by atoms with van der Waals surface area (Å²) in [6.07, 6.45) is 0. The van der Waals surface area contributed by atoms with Gasteiger partial charge in [0.2, 0.25) is 0 Å². The number of piperazine rings is 2. The summed E-state index contributed by atoms with van der Waals surface area (Å²) in [5, 5.41) is 3.04. The van der Waals surface area contributed by atoms with E-state index in [1.807, 2.05) is 14.0 Å². The second kappa shape index (κ2) is 9.79. The van der Waals surface area contributed by atoms with Crippen LogP contribution in [-0.4, -0.2) is 85.5 Å². The zero-order chi connectivity index (χ0) is 14.4. The molecule has 7 heteroatoms. The first-order valence-electron chi connectivity index (χ1n) is 6.96. The quantitative estimate of drug-likeness (QED) is 0.538. The Kier molecular flexibility index (Phi) is 9.76.